The standard InChI is InChI=1S/C14H18N4O/c1-18-7-6-10(17-18)8-13(16-15)12-9-19-14-5-3-2-4-11(12)14/h2-7,12-13,16H,8-9,15H2,1H3. The van der Waals surface area contributed by atoms with Gasteiger partial charge in [0.05, 0.1) is 12.3 Å². The molecule has 3 N–H and O–H groups in total. The summed E-state index contributed by atoms with van der Waals surface area (Å²) in [5.74, 6) is 6.96. The van der Waals surface area contributed by atoms with Crippen molar-refractivity contribution in [2.75, 3.05) is 6.61 Å². The Kier molecular flexibility index (Phi) is 3.23. The highest BCUT2D eigenvalue weighted by Crippen LogP contribution is 2.36. The number of aryl methyl sites for hydroxylation is 1. The van der Waals surface area contributed by atoms with E-state index in [2.05, 4.69) is 16.6 Å². The summed E-state index contributed by atoms with van der Waals surface area (Å²) in [5.41, 5.74) is 5.17. The lowest BCUT2D eigenvalue weighted by Gasteiger charge is -2.21. The first kappa shape index (κ1) is 12.2. The van der Waals surface area contributed by atoms with Crippen molar-refractivity contribution in [3.63, 3.8) is 0 Å². The maximum absolute atomic E-state index is 5.72. The van der Waals surface area contributed by atoms with Gasteiger partial charge in [-0.3, -0.25) is 16.0 Å². The zero-order chi connectivity index (χ0) is 13.2. The van der Waals surface area contributed by atoms with Crippen molar-refractivity contribution in [2.45, 2.75) is 18.4 Å². The van der Waals surface area contributed by atoms with E-state index in [1.54, 1.807) is 0 Å². The van der Waals surface area contributed by atoms with Crippen LogP contribution in [0.15, 0.2) is 36.5 Å². The molecule has 0 spiro atoms. The Morgan fingerprint density at radius 2 is 2.32 bits per heavy atom. The van der Waals surface area contributed by atoms with Crippen LogP contribution < -0.4 is 16.0 Å². The number of hydrazine groups is 1. The third-order valence-corrected chi connectivity index (χ3v) is 3.63. The van der Waals surface area contributed by atoms with E-state index in [4.69, 9.17) is 10.6 Å². The summed E-state index contributed by atoms with van der Waals surface area (Å²) in [7, 11) is 1.92. The lowest BCUT2D eigenvalue weighted by molar-refractivity contribution is 0.297. The third kappa shape index (κ3) is 2.34. The SMILES string of the molecule is Cn1ccc(CC(NN)C2COc3ccccc32)n1. The Bertz CT molecular complexity index is 566. The fraction of sp³-hybridized carbons (Fsp3) is 0.357. The molecule has 2 atom stereocenters. The molecule has 0 saturated heterocycles. The summed E-state index contributed by atoms with van der Waals surface area (Å²) < 4.78 is 7.52. The third-order valence-electron chi connectivity index (χ3n) is 3.63. The van der Waals surface area contributed by atoms with Gasteiger partial charge in [-0.15, -0.1) is 0 Å². The molecule has 2 unspecified atom stereocenters. The Balaban J connectivity index is 1.80. The minimum atomic E-state index is 0.124. The van der Waals surface area contributed by atoms with Gasteiger partial charge in [-0.25, -0.2) is 0 Å². The predicted octanol–water partition coefficient (Wildman–Crippen LogP) is 0.971. The second-order valence-corrected chi connectivity index (χ2v) is 4.91. The number of benzene rings is 1. The van der Waals surface area contributed by atoms with E-state index in [9.17, 15) is 0 Å². The number of hydrogen-bond acceptors (Lipinski definition) is 4. The van der Waals surface area contributed by atoms with Crippen LogP contribution in [-0.2, 0) is 13.5 Å². The zero-order valence-electron chi connectivity index (χ0n) is 10.9. The van der Waals surface area contributed by atoms with Gasteiger partial charge in [0.25, 0.3) is 0 Å². The maximum atomic E-state index is 5.72. The molecule has 5 nitrogen and oxygen atoms in total. The molecule has 0 amide bonds. The van der Waals surface area contributed by atoms with E-state index in [0.717, 1.165) is 17.9 Å². The average molecular weight is 258 g/mol. The molecular formula is C14H18N4O. The van der Waals surface area contributed by atoms with Crippen molar-refractivity contribution >= 4 is 0 Å². The van der Waals surface area contributed by atoms with E-state index >= 15 is 0 Å². The number of nitrogens with zero attached hydrogens (tertiary/aromatic N) is 2. The molecule has 0 aliphatic carbocycles. The number of hydrogen-bond donors (Lipinski definition) is 2. The van der Waals surface area contributed by atoms with Crippen LogP contribution in [0.25, 0.3) is 0 Å². The Morgan fingerprint density at radius 3 is 3.05 bits per heavy atom. The van der Waals surface area contributed by atoms with Crippen molar-refractivity contribution in [3.05, 3.63) is 47.8 Å². The summed E-state index contributed by atoms with van der Waals surface area (Å²) >= 11 is 0. The number of ether oxygens (including phenoxy) is 1. The number of para-hydroxylation sites is 1. The quantitative estimate of drug-likeness (QED) is 0.633. The minimum Gasteiger partial charge on any atom is -0.493 e. The molecule has 0 saturated carbocycles. The monoisotopic (exact) mass is 258 g/mol. The first-order valence-corrected chi connectivity index (χ1v) is 6.44. The van der Waals surface area contributed by atoms with Crippen LogP contribution in [0.5, 0.6) is 5.75 Å². The van der Waals surface area contributed by atoms with Crippen LogP contribution in [0.4, 0.5) is 0 Å². The Hall–Kier alpha value is -1.85. The topological polar surface area (TPSA) is 65.1 Å². The van der Waals surface area contributed by atoms with Crippen LogP contribution in [0.3, 0.4) is 0 Å². The average Bonchev–Trinajstić information content (AvgIpc) is 3.02. The van der Waals surface area contributed by atoms with Crippen LogP contribution in [0.2, 0.25) is 0 Å². The molecule has 1 aromatic heterocycles. The largest absolute Gasteiger partial charge is 0.493 e. The van der Waals surface area contributed by atoms with Gasteiger partial charge in [0.15, 0.2) is 0 Å². The molecule has 2 heterocycles. The van der Waals surface area contributed by atoms with Gasteiger partial charge in [-0.05, 0) is 12.1 Å². The molecule has 5 heteroatoms. The molecule has 3 rings (SSSR count). The fourth-order valence-corrected chi connectivity index (χ4v) is 2.64. The van der Waals surface area contributed by atoms with Gasteiger partial charge in [-0.2, -0.15) is 5.10 Å². The summed E-state index contributed by atoms with van der Waals surface area (Å²) in [6.07, 6.45) is 2.74. The normalized spacial score (nSPS) is 18.9. The van der Waals surface area contributed by atoms with Gasteiger partial charge in [0.1, 0.15) is 5.75 Å². The highest BCUT2D eigenvalue weighted by molar-refractivity contribution is 5.40. The first-order chi connectivity index (χ1) is 9.28. The molecule has 2 aromatic rings. The zero-order valence-corrected chi connectivity index (χ0v) is 10.9. The predicted molar refractivity (Wildman–Crippen MR) is 72.7 cm³/mol. The number of rotatable bonds is 4. The van der Waals surface area contributed by atoms with Crippen molar-refractivity contribution in [2.24, 2.45) is 12.9 Å². The molecule has 0 bridgehead atoms. The van der Waals surface area contributed by atoms with Crippen LogP contribution in [0, 0.1) is 0 Å². The summed E-state index contributed by atoms with van der Waals surface area (Å²) in [4.78, 5) is 0. The van der Waals surface area contributed by atoms with Gasteiger partial charge in [0, 0.05) is 37.2 Å². The second-order valence-electron chi connectivity index (χ2n) is 4.91. The van der Waals surface area contributed by atoms with Gasteiger partial charge >= 0.3 is 0 Å². The van der Waals surface area contributed by atoms with Gasteiger partial charge in [0.2, 0.25) is 0 Å². The van der Waals surface area contributed by atoms with Crippen LogP contribution in [0.1, 0.15) is 17.2 Å². The van der Waals surface area contributed by atoms with Gasteiger partial charge < -0.3 is 4.74 Å². The number of nitrogens with one attached hydrogen (secondary N) is 1. The molecule has 100 valence electrons. The van der Waals surface area contributed by atoms with E-state index < -0.39 is 0 Å². The van der Waals surface area contributed by atoms with Gasteiger partial charge in [-0.1, -0.05) is 18.2 Å². The highest BCUT2D eigenvalue weighted by Gasteiger charge is 2.31. The molecule has 0 radical (unpaired) electrons. The van der Waals surface area contributed by atoms with E-state index in [1.165, 1.54) is 5.56 Å². The summed E-state index contributed by atoms with van der Waals surface area (Å²) in [5, 5.41) is 4.41. The van der Waals surface area contributed by atoms with Crippen LogP contribution >= 0.6 is 0 Å². The maximum Gasteiger partial charge on any atom is 0.122 e. The summed E-state index contributed by atoms with van der Waals surface area (Å²) in [6.45, 7) is 0.668. The molecule has 1 aliphatic heterocycles. The molecule has 1 aromatic carbocycles. The van der Waals surface area contributed by atoms with Crippen LogP contribution in [-0.4, -0.2) is 22.4 Å². The second kappa shape index (κ2) is 5.03. The lowest BCUT2D eigenvalue weighted by atomic mass is 9.91. The van der Waals surface area contributed by atoms with Crippen molar-refractivity contribution in [1.29, 1.82) is 0 Å². The number of aromatic nitrogens is 2. The molecule has 1 aliphatic rings. The minimum absolute atomic E-state index is 0.124. The van der Waals surface area contributed by atoms with E-state index in [1.807, 2.05) is 42.2 Å². The first-order valence-electron chi connectivity index (χ1n) is 6.44. The molecule has 19 heavy (non-hydrogen) atoms. The highest BCUT2D eigenvalue weighted by atomic mass is 16.5. The fourth-order valence-electron chi connectivity index (χ4n) is 2.64. The molecular weight excluding hydrogens is 240 g/mol. The Labute approximate surface area is 112 Å². The van der Waals surface area contributed by atoms with E-state index in [0.29, 0.717) is 6.61 Å². The number of fused-ring (bicyclic) bond motifs is 1. The van der Waals surface area contributed by atoms with E-state index in [-0.39, 0.29) is 12.0 Å². The molecule has 0 fully saturated rings. The van der Waals surface area contributed by atoms with Crippen molar-refractivity contribution in [3.8, 4) is 5.75 Å². The lowest BCUT2D eigenvalue weighted by Crippen LogP contribution is -2.42. The Morgan fingerprint density at radius 1 is 1.47 bits per heavy atom. The number of nitrogens with two attached hydrogens (primary N) is 1. The smallest absolute Gasteiger partial charge is 0.122 e. The van der Waals surface area contributed by atoms with Crippen molar-refractivity contribution < 1.29 is 4.74 Å². The summed E-state index contributed by atoms with van der Waals surface area (Å²) in [6, 6.07) is 10.3. The van der Waals surface area contributed by atoms with Crippen molar-refractivity contribution in [1.82, 2.24) is 15.2 Å².